The van der Waals surface area contributed by atoms with Gasteiger partial charge in [-0.3, -0.25) is 14.2 Å². The second kappa shape index (κ2) is 8.71. The summed E-state index contributed by atoms with van der Waals surface area (Å²) in [6.45, 7) is 2.26. The Hall–Kier alpha value is -3.13. The molecular formula is C19H20ClN5O3. The number of methoxy groups -OCH3 is 1. The van der Waals surface area contributed by atoms with E-state index in [9.17, 15) is 9.59 Å². The van der Waals surface area contributed by atoms with Crippen LogP contribution in [-0.2, 0) is 16.1 Å². The minimum Gasteiger partial charge on any atom is -0.465 e. The minimum absolute atomic E-state index is 0.211. The van der Waals surface area contributed by atoms with E-state index in [1.807, 2.05) is 19.1 Å². The van der Waals surface area contributed by atoms with Gasteiger partial charge in [-0.25, -0.2) is 4.79 Å². The second-order valence-electron chi connectivity index (χ2n) is 6.13. The first-order valence-corrected chi connectivity index (χ1v) is 9.08. The first-order valence-electron chi connectivity index (χ1n) is 8.71. The van der Waals surface area contributed by atoms with Gasteiger partial charge >= 0.3 is 5.97 Å². The first kappa shape index (κ1) is 19.6. The van der Waals surface area contributed by atoms with Gasteiger partial charge in [-0.05, 0) is 18.1 Å². The molecule has 9 heteroatoms. The van der Waals surface area contributed by atoms with Crippen molar-refractivity contribution in [3.05, 3.63) is 65.2 Å². The number of carbonyl (C=O) groups excluding carboxylic acids is 2. The zero-order valence-electron chi connectivity index (χ0n) is 15.5. The molecule has 0 aliphatic carbocycles. The molecule has 0 aliphatic rings. The third-order valence-electron chi connectivity index (χ3n) is 4.23. The monoisotopic (exact) mass is 401 g/mol. The van der Waals surface area contributed by atoms with Crippen molar-refractivity contribution in [3.8, 4) is 0 Å². The summed E-state index contributed by atoms with van der Waals surface area (Å²) in [4.78, 5) is 24.5. The quantitative estimate of drug-likeness (QED) is 0.614. The van der Waals surface area contributed by atoms with E-state index >= 15 is 0 Å². The number of hydrogen-bond acceptors (Lipinski definition) is 5. The largest absolute Gasteiger partial charge is 0.465 e. The molecule has 1 amide bonds. The molecule has 1 atom stereocenters. The van der Waals surface area contributed by atoms with Gasteiger partial charge in [-0.15, -0.1) is 0 Å². The van der Waals surface area contributed by atoms with Gasteiger partial charge in [0.05, 0.1) is 42.3 Å². The van der Waals surface area contributed by atoms with Gasteiger partial charge < -0.3 is 10.1 Å². The van der Waals surface area contributed by atoms with Crippen molar-refractivity contribution in [1.29, 1.82) is 0 Å². The van der Waals surface area contributed by atoms with E-state index in [2.05, 4.69) is 15.5 Å². The van der Waals surface area contributed by atoms with E-state index < -0.39 is 12.0 Å². The molecule has 146 valence electrons. The summed E-state index contributed by atoms with van der Waals surface area (Å²) in [5, 5.41) is 11.7. The summed E-state index contributed by atoms with van der Waals surface area (Å²) in [5.74, 6) is -0.614. The Morgan fingerprint density at radius 2 is 2.00 bits per heavy atom. The summed E-state index contributed by atoms with van der Waals surface area (Å²) < 4.78 is 7.99. The molecule has 0 saturated carbocycles. The maximum absolute atomic E-state index is 12.6. The molecule has 0 bridgehead atoms. The molecule has 8 nitrogen and oxygen atoms in total. The maximum Gasteiger partial charge on any atom is 0.338 e. The highest BCUT2D eigenvalue weighted by molar-refractivity contribution is 6.30. The normalized spacial score (nSPS) is 11.8. The SMILES string of the molecule is CCC(C(=O)Nc1cnn(Cc2ccccc2C(=O)OC)c1)n1cc(Cl)cn1. The van der Waals surface area contributed by atoms with Crippen LogP contribution in [0.1, 0.15) is 35.3 Å². The molecule has 0 spiro atoms. The minimum atomic E-state index is -0.476. The van der Waals surface area contributed by atoms with Gasteiger partial charge in [0.15, 0.2) is 0 Å². The predicted octanol–water partition coefficient (Wildman–Crippen LogP) is 3.16. The van der Waals surface area contributed by atoms with Gasteiger partial charge in [0.2, 0.25) is 5.91 Å². The number of rotatable bonds is 7. The fraction of sp³-hybridized carbons (Fsp3) is 0.263. The number of halogens is 1. The van der Waals surface area contributed by atoms with Crippen LogP contribution in [0, 0.1) is 0 Å². The lowest BCUT2D eigenvalue weighted by molar-refractivity contribution is -0.119. The topological polar surface area (TPSA) is 91.0 Å². The van der Waals surface area contributed by atoms with E-state index in [-0.39, 0.29) is 5.91 Å². The third kappa shape index (κ3) is 4.40. The highest BCUT2D eigenvalue weighted by Gasteiger charge is 2.20. The number of nitrogens with zero attached hydrogens (tertiary/aromatic N) is 4. The van der Waals surface area contributed by atoms with Crippen LogP contribution in [0.3, 0.4) is 0 Å². The Balaban J connectivity index is 1.71. The Labute approximate surface area is 167 Å². The van der Waals surface area contributed by atoms with Crippen molar-refractivity contribution in [2.45, 2.75) is 25.9 Å². The van der Waals surface area contributed by atoms with Crippen molar-refractivity contribution in [1.82, 2.24) is 19.6 Å². The number of esters is 1. The Kier molecular flexibility index (Phi) is 6.10. The van der Waals surface area contributed by atoms with Crippen LogP contribution in [0.4, 0.5) is 5.69 Å². The number of hydrogen-bond donors (Lipinski definition) is 1. The molecule has 1 N–H and O–H groups in total. The fourth-order valence-electron chi connectivity index (χ4n) is 2.86. The fourth-order valence-corrected chi connectivity index (χ4v) is 3.00. The molecule has 0 aliphatic heterocycles. The molecular weight excluding hydrogens is 382 g/mol. The summed E-state index contributed by atoms with van der Waals surface area (Å²) in [6, 6.07) is 6.68. The van der Waals surface area contributed by atoms with Crippen LogP contribution in [0.25, 0.3) is 0 Å². The van der Waals surface area contributed by atoms with Crippen LogP contribution < -0.4 is 5.32 Å². The van der Waals surface area contributed by atoms with Crippen molar-refractivity contribution >= 4 is 29.2 Å². The Morgan fingerprint density at radius 1 is 1.21 bits per heavy atom. The van der Waals surface area contributed by atoms with E-state index in [0.29, 0.717) is 29.2 Å². The molecule has 2 aromatic heterocycles. The van der Waals surface area contributed by atoms with Crippen LogP contribution in [0.5, 0.6) is 0 Å². The second-order valence-corrected chi connectivity index (χ2v) is 6.56. The molecule has 1 aromatic carbocycles. The molecule has 0 radical (unpaired) electrons. The number of aromatic nitrogens is 4. The molecule has 3 aromatic rings. The lowest BCUT2D eigenvalue weighted by atomic mass is 10.1. The number of ether oxygens (including phenoxy) is 1. The molecule has 1 unspecified atom stereocenters. The van der Waals surface area contributed by atoms with Crippen LogP contribution in [0.2, 0.25) is 5.02 Å². The van der Waals surface area contributed by atoms with E-state index in [0.717, 1.165) is 5.56 Å². The zero-order chi connectivity index (χ0) is 20.1. The molecule has 0 saturated heterocycles. The standard InChI is InChI=1S/C19H20ClN5O3/c1-3-17(25-11-14(20)8-22-25)18(26)23-15-9-21-24(12-15)10-13-6-4-5-7-16(13)19(27)28-2/h4-9,11-12,17H,3,10H2,1-2H3,(H,23,26). The molecule has 28 heavy (non-hydrogen) atoms. The van der Waals surface area contributed by atoms with Gasteiger partial charge in [0.1, 0.15) is 6.04 Å². The average Bonchev–Trinajstić information content (AvgIpc) is 3.31. The summed E-state index contributed by atoms with van der Waals surface area (Å²) >= 11 is 5.89. The highest BCUT2D eigenvalue weighted by Crippen LogP contribution is 2.18. The summed E-state index contributed by atoms with van der Waals surface area (Å²) in [7, 11) is 1.34. The lowest BCUT2D eigenvalue weighted by Crippen LogP contribution is -2.25. The summed E-state index contributed by atoms with van der Waals surface area (Å²) in [6.07, 6.45) is 6.93. The summed E-state index contributed by atoms with van der Waals surface area (Å²) in [5.41, 5.74) is 1.80. The van der Waals surface area contributed by atoms with E-state index in [1.165, 1.54) is 18.0 Å². The van der Waals surface area contributed by atoms with Crippen molar-refractivity contribution in [2.75, 3.05) is 12.4 Å². The van der Waals surface area contributed by atoms with Gasteiger partial charge in [-0.2, -0.15) is 10.2 Å². The van der Waals surface area contributed by atoms with Crippen molar-refractivity contribution in [2.24, 2.45) is 0 Å². The maximum atomic E-state index is 12.6. The molecule has 2 heterocycles. The predicted molar refractivity (Wildman–Crippen MR) is 104 cm³/mol. The van der Waals surface area contributed by atoms with Crippen molar-refractivity contribution in [3.63, 3.8) is 0 Å². The van der Waals surface area contributed by atoms with E-state index in [4.69, 9.17) is 16.3 Å². The lowest BCUT2D eigenvalue weighted by Gasteiger charge is -2.14. The first-order chi connectivity index (χ1) is 13.5. The van der Waals surface area contributed by atoms with Crippen LogP contribution >= 0.6 is 11.6 Å². The van der Waals surface area contributed by atoms with Crippen LogP contribution in [0.15, 0.2) is 49.1 Å². The number of benzene rings is 1. The number of anilines is 1. The van der Waals surface area contributed by atoms with E-state index in [1.54, 1.807) is 35.4 Å². The van der Waals surface area contributed by atoms with Crippen molar-refractivity contribution < 1.29 is 14.3 Å². The molecule has 0 fully saturated rings. The third-order valence-corrected chi connectivity index (χ3v) is 4.43. The average molecular weight is 402 g/mol. The Bertz CT molecular complexity index is 981. The number of amides is 1. The molecule has 3 rings (SSSR count). The van der Waals surface area contributed by atoms with Gasteiger partial charge in [0.25, 0.3) is 0 Å². The highest BCUT2D eigenvalue weighted by atomic mass is 35.5. The smallest absolute Gasteiger partial charge is 0.338 e. The van der Waals surface area contributed by atoms with Crippen LogP contribution in [-0.4, -0.2) is 38.5 Å². The number of nitrogens with one attached hydrogen (secondary N) is 1. The van der Waals surface area contributed by atoms with Gasteiger partial charge in [-0.1, -0.05) is 36.7 Å². The zero-order valence-corrected chi connectivity index (χ0v) is 16.3. The Morgan fingerprint density at radius 3 is 2.68 bits per heavy atom. The van der Waals surface area contributed by atoms with Gasteiger partial charge in [0, 0.05) is 12.4 Å². The number of carbonyl (C=O) groups is 2.